The van der Waals surface area contributed by atoms with E-state index >= 15 is 0 Å². The number of carbonyl (C=O) groups excluding carboxylic acids is 1. The monoisotopic (exact) mass is 337 g/mol. The van der Waals surface area contributed by atoms with E-state index in [0.29, 0.717) is 26.2 Å². The summed E-state index contributed by atoms with van der Waals surface area (Å²) in [4.78, 5) is 18.7. The molecule has 0 aliphatic carbocycles. The molecule has 2 aliphatic rings. The Morgan fingerprint density at radius 2 is 2.29 bits per heavy atom. The number of aromatic amines is 1. The number of carbonyl (C=O) groups is 1. The van der Waals surface area contributed by atoms with E-state index in [1.807, 2.05) is 0 Å². The van der Waals surface area contributed by atoms with Gasteiger partial charge < -0.3 is 14.8 Å². The average Bonchev–Trinajstić information content (AvgIpc) is 3.25. The minimum absolute atomic E-state index is 0.0339. The molecule has 0 aromatic carbocycles. The van der Waals surface area contributed by atoms with Crippen molar-refractivity contribution in [3.8, 4) is 0 Å². The Morgan fingerprint density at radius 1 is 1.42 bits per heavy atom. The molecule has 2 aliphatic heterocycles. The second-order valence-electron chi connectivity index (χ2n) is 6.77. The lowest BCUT2D eigenvalue weighted by Crippen LogP contribution is -2.45. The van der Waals surface area contributed by atoms with Gasteiger partial charge in [0.05, 0.1) is 19.3 Å². The van der Waals surface area contributed by atoms with Crippen molar-refractivity contribution in [2.24, 2.45) is 0 Å². The third kappa shape index (κ3) is 4.52. The maximum Gasteiger partial charge on any atom is 0.234 e. The first-order valence-electron chi connectivity index (χ1n) is 8.76. The van der Waals surface area contributed by atoms with Gasteiger partial charge in [0, 0.05) is 32.2 Å². The quantitative estimate of drug-likeness (QED) is 0.790. The van der Waals surface area contributed by atoms with Crippen LogP contribution in [0.15, 0.2) is 0 Å². The van der Waals surface area contributed by atoms with Crippen LogP contribution in [0.3, 0.4) is 0 Å². The second kappa shape index (κ2) is 8.04. The molecule has 0 radical (unpaired) electrons. The van der Waals surface area contributed by atoms with Crippen LogP contribution in [0.2, 0.25) is 0 Å². The number of morpholine rings is 1. The summed E-state index contributed by atoms with van der Waals surface area (Å²) in [7, 11) is 0. The van der Waals surface area contributed by atoms with E-state index in [9.17, 15) is 4.79 Å². The summed E-state index contributed by atoms with van der Waals surface area (Å²) in [5.41, 5.74) is 0. The third-order valence-corrected chi connectivity index (χ3v) is 4.41. The number of aromatic nitrogens is 3. The lowest BCUT2D eigenvalue weighted by atomic mass is 10.2. The van der Waals surface area contributed by atoms with Crippen LogP contribution in [-0.4, -0.2) is 71.5 Å². The lowest BCUT2D eigenvalue weighted by molar-refractivity contribution is -0.125. The summed E-state index contributed by atoms with van der Waals surface area (Å²) in [6.07, 6.45) is 2.13. The highest BCUT2D eigenvalue weighted by atomic mass is 16.5. The van der Waals surface area contributed by atoms with Gasteiger partial charge in [0.15, 0.2) is 11.6 Å². The maximum absolute atomic E-state index is 12.1. The predicted octanol–water partition coefficient (Wildman–Crippen LogP) is 0.597. The first kappa shape index (κ1) is 17.3. The van der Waals surface area contributed by atoms with Gasteiger partial charge in [0.2, 0.25) is 5.91 Å². The van der Waals surface area contributed by atoms with Crippen LogP contribution in [0.25, 0.3) is 0 Å². The molecule has 0 bridgehead atoms. The number of ether oxygens (including phenoxy) is 2. The second-order valence-corrected chi connectivity index (χ2v) is 6.77. The molecule has 0 saturated carbocycles. The van der Waals surface area contributed by atoms with E-state index in [2.05, 4.69) is 39.2 Å². The average molecular weight is 337 g/mol. The number of nitrogens with one attached hydrogen (secondary N) is 2. The maximum atomic E-state index is 12.1. The first-order chi connectivity index (χ1) is 11.6. The van der Waals surface area contributed by atoms with E-state index in [1.54, 1.807) is 0 Å². The molecule has 2 N–H and O–H groups in total. The molecule has 2 atom stereocenters. The number of hydrogen-bond acceptors (Lipinski definition) is 6. The Kier molecular flexibility index (Phi) is 5.80. The fourth-order valence-corrected chi connectivity index (χ4v) is 2.99. The van der Waals surface area contributed by atoms with Crippen LogP contribution in [0.4, 0.5) is 0 Å². The molecule has 1 aromatic rings. The summed E-state index contributed by atoms with van der Waals surface area (Å²) < 4.78 is 11.3. The van der Waals surface area contributed by atoms with Gasteiger partial charge in [-0.15, -0.1) is 0 Å². The number of hydrogen-bond donors (Lipinski definition) is 2. The Bertz CT molecular complexity index is 542. The molecule has 134 valence electrons. The molecule has 24 heavy (non-hydrogen) atoms. The number of amides is 1. The van der Waals surface area contributed by atoms with Gasteiger partial charge in [0.25, 0.3) is 0 Å². The van der Waals surface area contributed by atoms with E-state index in [4.69, 9.17) is 9.47 Å². The summed E-state index contributed by atoms with van der Waals surface area (Å²) in [6, 6.07) is 0. The van der Waals surface area contributed by atoms with Crippen LogP contribution in [-0.2, 0) is 14.3 Å². The molecule has 8 nitrogen and oxygen atoms in total. The lowest BCUT2D eigenvalue weighted by Gasteiger charge is -2.31. The van der Waals surface area contributed by atoms with Crippen LogP contribution in [0, 0.1) is 0 Å². The zero-order valence-corrected chi connectivity index (χ0v) is 14.5. The molecule has 0 spiro atoms. The number of nitrogens with zero attached hydrogens (tertiary/aromatic N) is 3. The summed E-state index contributed by atoms with van der Waals surface area (Å²) >= 11 is 0. The fourth-order valence-electron chi connectivity index (χ4n) is 2.99. The van der Waals surface area contributed by atoms with Crippen LogP contribution in [0.1, 0.15) is 50.4 Å². The van der Waals surface area contributed by atoms with Crippen molar-refractivity contribution in [1.29, 1.82) is 0 Å². The fraction of sp³-hybridized carbons (Fsp3) is 0.812. The topological polar surface area (TPSA) is 92.4 Å². The standard InChI is InChI=1S/C16H27N5O3/c1-11(2)15-18-16(20-19-15)13-9-21(5-7-24-13)10-14(22)17-8-12-4-3-6-23-12/h11-13H,3-10H2,1-2H3,(H,17,22)(H,18,19,20). The molecule has 2 saturated heterocycles. The molecular formula is C16H27N5O3. The van der Waals surface area contributed by atoms with Gasteiger partial charge in [0.1, 0.15) is 6.10 Å². The highest BCUT2D eigenvalue weighted by Crippen LogP contribution is 2.20. The van der Waals surface area contributed by atoms with Crippen molar-refractivity contribution in [2.75, 3.05) is 39.4 Å². The summed E-state index contributed by atoms with van der Waals surface area (Å²) in [6.45, 7) is 7.86. The zero-order chi connectivity index (χ0) is 16.9. The van der Waals surface area contributed by atoms with Gasteiger partial charge >= 0.3 is 0 Å². The first-order valence-corrected chi connectivity index (χ1v) is 8.76. The highest BCUT2D eigenvalue weighted by Gasteiger charge is 2.26. The summed E-state index contributed by atoms with van der Waals surface area (Å²) in [5.74, 6) is 1.84. The molecule has 2 fully saturated rings. The van der Waals surface area contributed by atoms with Crippen molar-refractivity contribution >= 4 is 5.91 Å². The van der Waals surface area contributed by atoms with Gasteiger partial charge in [-0.25, -0.2) is 4.98 Å². The molecule has 3 rings (SSSR count). The van der Waals surface area contributed by atoms with Crippen molar-refractivity contribution in [3.63, 3.8) is 0 Å². The SMILES string of the molecule is CC(C)c1n[nH]c(C2CN(CC(=O)NCC3CCCO3)CCO2)n1. The molecule has 1 aromatic heterocycles. The van der Waals surface area contributed by atoms with Gasteiger partial charge in [-0.2, -0.15) is 5.10 Å². The molecular weight excluding hydrogens is 310 g/mol. The van der Waals surface area contributed by atoms with Crippen LogP contribution in [0.5, 0.6) is 0 Å². The Labute approximate surface area is 142 Å². The third-order valence-electron chi connectivity index (χ3n) is 4.41. The van der Waals surface area contributed by atoms with Crippen molar-refractivity contribution in [1.82, 2.24) is 25.4 Å². The van der Waals surface area contributed by atoms with E-state index < -0.39 is 0 Å². The zero-order valence-electron chi connectivity index (χ0n) is 14.5. The Morgan fingerprint density at radius 3 is 3.00 bits per heavy atom. The van der Waals surface area contributed by atoms with Crippen molar-refractivity contribution in [3.05, 3.63) is 11.6 Å². The molecule has 8 heteroatoms. The van der Waals surface area contributed by atoms with Crippen LogP contribution < -0.4 is 5.32 Å². The van der Waals surface area contributed by atoms with E-state index in [0.717, 1.165) is 37.6 Å². The molecule has 3 heterocycles. The minimum atomic E-state index is -0.162. The number of rotatable bonds is 6. The summed E-state index contributed by atoms with van der Waals surface area (Å²) in [5, 5.41) is 10.1. The molecule has 2 unspecified atom stereocenters. The van der Waals surface area contributed by atoms with Gasteiger partial charge in [-0.05, 0) is 12.8 Å². The van der Waals surface area contributed by atoms with E-state index in [1.165, 1.54) is 0 Å². The van der Waals surface area contributed by atoms with Crippen molar-refractivity contribution < 1.29 is 14.3 Å². The van der Waals surface area contributed by atoms with Crippen molar-refractivity contribution in [2.45, 2.75) is 44.8 Å². The predicted molar refractivity (Wildman–Crippen MR) is 87.6 cm³/mol. The highest BCUT2D eigenvalue weighted by molar-refractivity contribution is 5.78. The van der Waals surface area contributed by atoms with Gasteiger partial charge in [-0.1, -0.05) is 13.8 Å². The number of H-pyrrole nitrogens is 1. The van der Waals surface area contributed by atoms with E-state index in [-0.39, 0.29) is 24.0 Å². The van der Waals surface area contributed by atoms with Gasteiger partial charge in [-0.3, -0.25) is 14.8 Å². The largest absolute Gasteiger partial charge is 0.376 e. The smallest absolute Gasteiger partial charge is 0.234 e. The molecule has 1 amide bonds. The van der Waals surface area contributed by atoms with Crippen LogP contribution >= 0.6 is 0 Å². The Balaban J connectivity index is 1.46. The Hall–Kier alpha value is -1.51. The minimum Gasteiger partial charge on any atom is -0.376 e. The normalized spacial score (nSPS) is 25.3.